The van der Waals surface area contributed by atoms with Gasteiger partial charge in [-0.15, -0.1) is 0 Å². The van der Waals surface area contributed by atoms with Crippen molar-refractivity contribution >= 4 is 5.96 Å². The van der Waals surface area contributed by atoms with E-state index in [0.29, 0.717) is 12.0 Å². The summed E-state index contributed by atoms with van der Waals surface area (Å²) in [5.41, 5.74) is 0. The second-order valence-corrected chi connectivity index (χ2v) is 6.23. The summed E-state index contributed by atoms with van der Waals surface area (Å²) in [5, 5.41) is 6.70. The molecule has 0 bridgehead atoms. The molecule has 0 saturated heterocycles. The van der Waals surface area contributed by atoms with Crippen LogP contribution in [0.15, 0.2) is 4.99 Å². The van der Waals surface area contributed by atoms with Crippen LogP contribution < -0.4 is 10.6 Å². The van der Waals surface area contributed by atoms with Crippen LogP contribution in [0.5, 0.6) is 0 Å². The highest BCUT2D eigenvalue weighted by atomic mass is 16.5. The number of guanidine groups is 1. The normalized spacial score (nSPS) is 12.5. The molecule has 22 heavy (non-hydrogen) atoms. The van der Waals surface area contributed by atoms with Crippen LogP contribution in [0, 0.1) is 5.92 Å². The molecular formula is C17H38N4O. The van der Waals surface area contributed by atoms with E-state index in [-0.39, 0.29) is 0 Å². The molecule has 0 atom stereocenters. The van der Waals surface area contributed by atoms with E-state index in [1.54, 1.807) is 0 Å². The van der Waals surface area contributed by atoms with Crippen molar-refractivity contribution in [1.29, 1.82) is 0 Å². The molecule has 5 heteroatoms. The smallest absolute Gasteiger partial charge is 0.191 e. The Balaban J connectivity index is 3.95. The molecule has 0 rings (SSSR count). The second kappa shape index (κ2) is 13.8. The SMILES string of the molecule is CCNC(=NCCCOCC(C)C)NCCN(CC)C(C)C. The lowest BCUT2D eigenvalue weighted by molar-refractivity contribution is 0.109. The molecule has 2 N–H and O–H groups in total. The van der Waals surface area contributed by atoms with Gasteiger partial charge in [-0.2, -0.15) is 0 Å². The van der Waals surface area contributed by atoms with Crippen molar-refractivity contribution in [2.75, 3.05) is 45.9 Å². The monoisotopic (exact) mass is 314 g/mol. The van der Waals surface area contributed by atoms with Gasteiger partial charge in [0.25, 0.3) is 0 Å². The Hall–Kier alpha value is -0.810. The predicted octanol–water partition coefficient (Wildman–Crippen LogP) is 2.33. The number of hydrogen-bond donors (Lipinski definition) is 2. The van der Waals surface area contributed by atoms with Crippen molar-refractivity contribution < 1.29 is 4.74 Å². The highest BCUT2D eigenvalue weighted by Gasteiger charge is 2.06. The molecule has 0 fully saturated rings. The second-order valence-electron chi connectivity index (χ2n) is 6.23. The molecular weight excluding hydrogens is 276 g/mol. The first-order valence-electron chi connectivity index (χ1n) is 8.85. The van der Waals surface area contributed by atoms with Crippen molar-refractivity contribution in [1.82, 2.24) is 15.5 Å². The molecule has 0 radical (unpaired) electrons. The lowest BCUT2D eigenvalue weighted by atomic mass is 10.2. The van der Waals surface area contributed by atoms with Crippen LogP contribution in [0.25, 0.3) is 0 Å². The molecule has 0 heterocycles. The van der Waals surface area contributed by atoms with Crippen molar-refractivity contribution in [3.05, 3.63) is 0 Å². The summed E-state index contributed by atoms with van der Waals surface area (Å²) < 4.78 is 5.57. The first kappa shape index (κ1) is 21.2. The Morgan fingerprint density at radius 2 is 1.86 bits per heavy atom. The van der Waals surface area contributed by atoms with E-state index in [9.17, 15) is 0 Å². The molecule has 0 amide bonds. The van der Waals surface area contributed by atoms with Gasteiger partial charge in [0.1, 0.15) is 0 Å². The third-order valence-corrected chi connectivity index (χ3v) is 3.34. The van der Waals surface area contributed by atoms with E-state index in [1.807, 2.05) is 0 Å². The van der Waals surface area contributed by atoms with Crippen molar-refractivity contribution in [3.8, 4) is 0 Å². The summed E-state index contributed by atoms with van der Waals surface area (Å²) in [6, 6.07) is 0.587. The molecule has 0 unspecified atom stereocenters. The van der Waals surface area contributed by atoms with Gasteiger partial charge in [-0.05, 0) is 39.7 Å². The molecule has 0 aliphatic rings. The molecule has 5 nitrogen and oxygen atoms in total. The lowest BCUT2D eigenvalue weighted by Crippen LogP contribution is -2.43. The number of likely N-dealkylation sites (N-methyl/N-ethyl adjacent to an activating group) is 1. The largest absolute Gasteiger partial charge is 0.381 e. The Labute approximate surface area is 137 Å². The van der Waals surface area contributed by atoms with Crippen LogP contribution in [0.1, 0.15) is 48.0 Å². The quantitative estimate of drug-likeness (QED) is 0.330. The average molecular weight is 315 g/mol. The lowest BCUT2D eigenvalue weighted by Gasteiger charge is -2.25. The zero-order valence-corrected chi connectivity index (χ0v) is 15.6. The van der Waals surface area contributed by atoms with E-state index in [1.165, 1.54) is 0 Å². The number of ether oxygens (including phenoxy) is 1. The van der Waals surface area contributed by atoms with Crippen LogP contribution in [-0.2, 0) is 4.74 Å². The first-order chi connectivity index (χ1) is 10.5. The summed E-state index contributed by atoms with van der Waals surface area (Å²) in [7, 11) is 0. The summed E-state index contributed by atoms with van der Waals surface area (Å²) >= 11 is 0. The zero-order chi connectivity index (χ0) is 16.8. The maximum absolute atomic E-state index is 5.57. The third-order valence-electron chi connectivity index (χ3n) is 3.34. The summed E-state index contributed by atoms with van der Waals surface area (Å²) in [4.78, 5) is 7.03. The van der Waals surface area contributed by atoms with Gasteiger partial charge < -0.3 is 15.4 Å². The molecule has 132 valence electrons. The molecule has 0 saturated carbocycles. The minimum absolute atomic E-state index is 0.587. The fourth-order valence-corrected chi connectivity index (χ4v) is 2.12. The van der Waals surface area contributed by atoms with Gasteiger partial charge in [0.05, 0.1) is 0 Å². The Bertz CT molecular complexity index is 280. The molecule has 0 aliphatic heterocycles. The maximum atomic E-state index is 5.57. The van der Waals surface area contributed by atoms with Crippen molar-refractivity contribution in [2.45, 2.75) is 54.0 Å². The van der Waals surface area contributed by atoms with Crippen LogP contribution in [-0.4, -0.2) is 62.8 Å². The first-order valence-corrected chi connectivity index (χ1v) is 8.85. The van der Waals surface area contributed by atoms with Gasteiger partial charge in [0, 0.05) is 45.4 Å². The maximum Gasteiger partial charge on any atom is 0.191 e. The molecule has 0 aromatic carbocycles. The standard InChI is InChI=1S/C17H38N4O/c1-7-18-17(19-10-9-13-22-14-15(3)4)20-11-12-21(8-2)16(5)6/h15-16H,7-14H2,1-6H3,(H2,18,19,20). The van der Waals surface area contributed by atoms with Gasteiger partial charge in [-0.25, -0.2) is 0 Å². The van der Waals surface area contributed by atoms with Crippen LogP contribution in [0.4, 0.5) is 0 Å². The molecule has 0 aliphatic carbocycles. The minimum Gasteiger partial charge on any atom is -0.381 e. The molecule has 0 spiro atoms. The van der Waals surface area contributed by atoms with Crippen LogP contribution in [0.2, 0.25) is 0 Å². The van der Waals surface area contributed by atoms with Gasteiger partial charge >= 0.3 is 0 Å². The Kier molecular flexibility index (Phi) is 13.3. The number of nitrogens with zero attached hydrogens (tertiary/aromatic N) is 2. The highest BCUT2D eigenvalue weighted by Crippen LogP contribution is 1.95. The summed E-state index contributed by atoms with van der Waals surface area (Å²) in [6.07, 6.45) is 0.969. The fourth-order valence-electron chi connectivity index (χ4n) is 2.12. The number of rotatable bonds is 12. The topological polar surface area (TPSA) is 48.9 Å². The third kappa shape index (κ3) is 11.8. The number of aliphatic imine (C=N–C) groups is 1. The van der Waals surface area contributed by atoms with E-state index in [2.05, 4.69) is 62.1 Å². The Morgan fingerprint density at radius 3 is 2.41 bits per heavy atom. The van der Waals surface area contributed by atoms with Gasteiger partial charge in [-0.3, -0.25) is 9.89 Å². The van der Waals surface area contributed by atoms with E-state index in [0.717, 1.165) is 58.3 Å². The number of hydrogen-bond acceptors (Lipinski definition) is 3. The van der Waals surface area contributed by atoms with E-state index >= 15 is 0 Å². The van der Waals surface area contributed by atoms with Gasteiger partial charge in [-0.1, -0.05) is 20.8 Å². The van der Waals surface area contributed by atoms with Crippen LogP contribution in [0.3, 0.4) is 0 Å². The van der Waals surface area contributed by atoms with E-state index < -0.39 is 0 Å². The fraction of sp³-hybridized carbons (Fsp3) is 0.941. The van der Waals surface area contributed by atoms with E-state index in [4.69, 9.17) is 4.74 Å². The molecule has 0 aromatic rings. The van der Waals surface area contributed by atoms with Crippen LogP contribution >= 0.6 is 0 Å². The Morgan fingerprint density at radius 1 is 1.14 bits per heavy atom. The average Bonchev–Trinajstić information content (AvgIpc) is 2.46. The predicted molar refractivity (Wildman–Crippen MR) is 96.6 cm³/mol. The van der Waals surface area contributed by atoms with Crippen molar-refractivity contribution in [3.63, 3.8) is 0 Å². The molecule has 0 aromatic heterocycles. The van der Waals surface area contributed by atoms with Gasteiger partial charge in [0.15, 0.2) is 5.96 Å². The zero-order valence-electron chi connectivity index (χ0n) is 15.6. The van der Waals surface area contributed by atoms with Crippen molar-refractivity contribution in [2.24, 2.45) is 10.9 Å². The van der Waals surface area contributed by atoms with Gasteiger partial charge in [0.2, 0.25) is 0 Å². The number of nitrogens with one attached hydrogen (secondary N) is 2. The summed E-state index contributed by atoms with van der Waals surface area (Å²) in [5.74, 6) is 1.51. The highest BCUT2D eigenvalue weighted by molar-refractivity contribution is 5.79. The summed E-state index contributed by atoms with van der Waals surface area (Å²) in [6.45, 7) is 19.5. The minimum atomic E-state index is 0.587.